The van der Waals surface area contributed by atoms with E-state index in [4.69, 9.17) is 10.5 Å². The van der Waals surface area contributed by atoms with E-state index < -0.39 is 5.82 Å². The van der Waals surface area contributed by atoms with E-state index in [0.717, 1.165) is 19.4 Å². The largest absolute Gasteiger partial charge is 0.367 e. The molecule has 0 amide bonds. The molecule has 6 nitrogen and oxygen atoms in total. The van der Waals surface area contributed by atoms with Crippen LogP contribution in [0.15, 0.2) is 30.6 Å². The highest BCUT2D eigenvalue weighted by Crippen LogP contribution is 2.25. The SMILES string of the molecule is N#Cc1ccc(N2CCCC(Nc3nccnc3C#N)C2)c(F)c1. The molecule has 0 saturated carbocycles. The normalized spacial score (nSPS) is 17.0. The number of nitrogens with one attached hydrogen (secondary N) is 1. The molecule has 0 radical (unpaired) electrons. The van der Waals surface area contributed by atoms with Crippen LogP contribution in [0.2, 0.25) is 0 Å². The number of hydrogen-bond acceptors (Lipinski definition) is 6. The lowest BCUT2D eigenvalue weighted by Crippen LogP contribution is -2.42. The third-order valence-electron chi connectivity index (χ3n) is 3.98. The lowest BCUT2D eigenvalue weighted by atomic mass is 10.0. The van der Waals surface area contributed by atoms with Crippen LogP contribution in [0.1, 0.15) is 24.1 Å². The van der Waals surface area contributed by atoms with Crippen molar-refractivity contribution in [3.8, 4) is 12.1 Å². The van der Waals surface area contributed by atoms with Crippen molar-refractivity contribution in [1.29, 1.82) is 10.5 Å². The second-order valence-electron chi connectivity index (χ2n) is 5.57. The van der Waals surface area contributed by atoms with Gasteiger partial charge in [-0.1, -0.05) is 0 Å². The van der Waals surface area contributed by atoms with Crippen LogP contribution in [-0.4, -0.2) is 29.1 Å². The molecule has 1 aliphatic rings. The first kappa shape index (κ1) is 15.7. The maximum atomic E-state index is 14.2. The van der Waals surface area contributed by atoms with Crippen LogP contribution >= 0.6 is 0 Å². The van der Waals surface area contributed by atoms with Gasteiger partial charge in [0.15, 0.2) is 11.5 Å². The average Bonchev–Trinajstić information content (AvgIpc) is 2.62. The van der Waals surface area contributed by atoms with E-state index in [-0.39, 0.29) is 11.7 Å². The van der Waals surface area contributed by atoms with Crippen LogP contribution in [0.4, 0.5) is 15.9 Å². The highest BCUT2D eigenvalue weighted by atomic mass is 19.1. The molecular formula is C17H15FN6. The minimum atomic E-state index is -0.396. The van der Waals surface area contributed by atoms with E-state index in [0.29, 0.717) is 23.6 Å². The van der Waals surface area contributed by atoms with Crippen molar-refractivity contribution in [1.82, 2.24) is 9.97 Å². The molecule has 120 valence electrons. The summed E-state index contributed by atoms with van der Waals surface area (Å²) in [5.41, 5.74) is 1.04. The Morgan fingerprint density at radius 3 is 2.79 bits per heavy atom. The van der Waals surface area contributed by atoms with Crippen LogP contribution in [0, 0.1) is 28.5 Å². The van der Waals surface area contributed by atoms with Gasteiger partial charge in [-0.2, -0.15) is 10.5 Å². The summed E-state index contributed by atoms with van der Waals surface area (Å²) in [4.78, 5) is 10.1. The Hall–Kier alpha value is -3.19. The van der Waals surface area contributed by atoms with Crippen LogP contribution in [0.3, 0.4) is 0 Å². The first-order valence-corrected chi connectivity index (χ1v) is 7.63. The van der Waals surface area contributed by atoms with Crippen LogP contribution < -0.4 is 10.2 Å². The molecule has 24 heavy (non-hydrogen) atoms. The molecule has 2 aromatic rings. The lowest BCUT2D eigenvalue weighted by molar-refractivity contribution is 0.518. The fourth-order valence-corrected chi connectivity index (χ4v) is 2.87. The summed E-state index contributed by atoms with van der Waals surface area (Å²) < 4.78 is 14.2. The molecule has 1 aliphatic heterocycles. The Bertz CT molecular complexity index is 823. The number of aromatic nitrogens is 2. The summed E-state index contributed by atoms with van der Waals surface area (Å²) in [6.45, 7) is 1.33. The third kappa shape index (κ3) is 3.26. The van der Waals surface area contributed by atoms with Gasteiger partial charge in [0.25, 0.3) is 0 Å². The lowest BCUT2D eigenvalue weighted by Gasteiger charge is -2.35. The molecule has 1 aromatic carbocycles. The molecule has 0 bridgehead atoms. The van der Waals surface area contributed by atoms with Crippen molar-refractivity contribution in [3.63, 3.8) is 0 Å². The molecule has 1 aromatic heterocycles. The van der Waals surface area contributed by atoms with Gasteiger partial charge in [0.2, 0.25) is 0 Å². The number of halogens is 1. The smallest absolute Gasteiger partial charge is 0.182 e. The van der Waals surface area contributed by atoms with Crippen molar-refractivity contribution in [2.24, 2.45) is 0 Å². The Labute approximate surface area is 139 Å². The molecule has 2 heterocycles. The number of nitrogens with zero attached hydrogens (tertiary/aromatic N) is 5. The Kier molecular flexibility index (Phi) is 4.53. The zero-order valence-electron chi connectivity index (χ0n) is 12.9. The van der Waals surface area contributed by atoms with Gasteiger partial charge in [0.1, 0.15) is 11.9 Å². The molecule has 0 spiro atoms. The topological polar surface area (TPSA) is 88.6 Å². The fraction of sp³-hybridized carbons (Fsp3) is 0.294. The van der Waals surface area contributed by atoms with Crippen molar-refractivity contribution < 1.29 is 4.39 Å². The molecule has 1 fully saturated rings. The van der Waals surface area contributed by atoms with Crippen molar-refractivity contribution in [3.05, 3.63) is 47.7 Å². The van der Waals surface area contributed by atoms with Crippen LogP contribution in [-0.2, 0) is 0 Å². The van der Waals surface area contributed by atoms with Crippen LogP contribution in [0.25, 0.3) is 0 Å². The highest BCUT2D eigenvalue weighted by Gasteiger charge is 2.23. The summed E-state index contributed by atoms with van der Waals surface area (Å²) in [5, 5.41) is 21.2. The van der Waals surface area contributed by atoms with Gasteiger partial charge >= 0.3 is 0 Å². The van der Waals surface area contributed by atoms with Gasteiger partial charge in [0.05, 0.1) is 17.3 Å². The standard InChI is InChI=1S/C17H15FN6/c18-14-8-12(9-19)3-4-16(14)24-7-1-2-13(11-24)23-17-15(10-20)21-5-6-22-17/h3-6,8,13H,1-2,7,11H2,(H,22,23). The molecule has 7 heteroatoms. The van der Waals surface area contributed by atoms with Gasteiger partial charge in [-0.05, 0) is 31.0 Å². The molecular weight excluding hydrogens is 307 g/mol. The molecule has 1 N–H and O–H groups in total. The molecule has 1 saturated heterocycles. The predicted octanol–water partition coefficient (Wildman–Crippen LogP) is 2.44. The fourth-order valence-electron chi connectivity index (χ4n) is 2.87. The summed E-state index contributed by atoms with van der Waals surface area (Å²) in [5.74, 6) is 0.0547. The van der Waals surface area contributed by atoms with E-state index >= 15 is 0 Å². The predicted molar refractivity (Wildman–Crippen MR) is 86.7 cm³/mol. The minimum absolute atomic E-state index is 0.0394. The number of anilines is 2. The maximum absolute atomic E-state index is 14.2. The zero-order valence-corrected chi connectivity index (χ0v) is 12.9. The van der Waals surface area contributed by atoms with E-state index in [9.17, 15) is 4.39 Å². The first-order valence-electron chi connectivity index (χ1n) is 7.63. The Morgan fingerprint density at radius 1 is 1.21 bits per heavy atom. The molecule has 1 unspecified atom stereocenters. The van der Waals surface area contributed by atoms with E-state index in [2.05, 4.69) is 15.3 Å². The molecule has 3 rings (SSSR count). The number of piperidine rings is 1. The third-order valence-corrected chi connectivity index (χ3v) is 3.98. The number of hydrogen-bond donors (Lipinski definition) is 1. The highest BCUT2D eigenvalue weighted by molar-refractivity contribution is 5.53. The van der Waals surface area contributed by atoms with E-state index in [1.54, 1.807) is 12.1 Å². The van der Waals surface area contributed by atoms with Gasteiger partial charge in [0, 0.05) is 31.5 Å². The van der Waals surface area contributed by atoms with Gasteiger partial charge in [-0.25, -0.2) is 14.4 Å². The summed E-state index contributed by atoms with van der Waals surface area (Å²) >= 11 is 0. The summed E-state index contributed by atoms with van der Waals surface area (Å²) in [7, 11) is 0. The van der Waals surface area contributed by atoms with E-state index in [1.165, 1.54) is 18.5 Å². The summed E-state index contributed by atoms with van der Waals surface area (Å²) in [6.07, 6.45) is 4.79. The quantitative estimate of drug-likeness (QED) is 0.933. The van der Waals surface area contributed by atoms with Crippen molar-refractivity contribution in [2.45, 2.75) is 18.9 Å². The Morgan fingerprint density at radius 2 is 2.04 bits per heavy atom. The second kappa shape index (κ2) is 6.93. The van der Waals surface area contributed by atoms with Gasteiger partial charge in [-0.15, -0.1) is 0 Å². The van der Waals surface area contributed by atoms with Gasteiger partial charge in [-0.3, -0.25) is 0 Å². The van der Waals surface area contributed by atoms with Crippen molar-refractivity contribution in [2.75, 3.05) is 23.3 Å². The second-order valence-corrected chi connectivity index (χ2v) is 5.57. The average molecular weight is 322 g/mol. The zero-order chi connectivity index (χ0) is 16.9. The number of benzene rings is 1. The first-order chi connectivity index (χ1) is 11.7. The maximum Gasteiger partial charge on any atom is 0.182 e. The summed E-state index contributed by atoms with van der Waals surface area (Å²) in [6, 6.07) is 8.49. The number of rotatable bonds is 3. The van der Waals surface area contributed by atoms with Crippen LogP contribution in [0.5, 0.6) is 0 Å². The molecule has 1 atom stereocenters. The Balaban J connectivity index is 1.75. The van der Waals surface area contributed by atoms with Gasteiger partial charge < -0.3 is 10.2 Å². The van der Waals surface area contributed by atoms with Crippen molar-refractivity contribution >= 4 is 11.5 Å². The molecule has 0 aliphatic carbocycles. The monoisotopic (exact) mass is 322 g/mol. The number of nitriles is 2. The van der Waals surface area contributed by atoms with E-state index in [1.807, 2.05) is 17.0 Å². The minimum Gasteiger partial charge on any atom is -0.367 e.